The molecule has 1 aromatic heterocycles. The molecule has 0 amide bonds. The van der Waals surface area contributed by atoms with Gasteiger partial charge in [0.15, 0.2) is 0 Å². The largest absolute Gasteiger partial charge is 0.310 e. The fraction of sp³-hybridized carbons (Fsp3) is 0.500. The SMILES string of the molecule is CCCN[C@H](C)c1cccnc1. The molecule has 1 N–H and O–H groups in total. The first-order chi connectivity index (χ1) is 5.84. The lowest BCUT2D eigenvalue weighted by Crippen LogP contribution is -2.19. The molecule has 0 aromatic carbocycles. The Labute approximate surface area is 74.0 Å². The van der Waals surface area contributed by atoms with Crippen LogP contribution in [0.25, 0.3) is 0 Å². The lowest BCUT2D eigenvalue weighted by Gasteiger charge is -2.12. The van der Waals surface area contributed by atoms with Gasteiger partial charge in [0, 0.05) is 18.4 Å². The Hall–Kier alpha value is -0.890. The van der Waals surface area contributed by atoms with Gasteiger partial charge in [-0.3, -0.25) is 4.98 Å². The summed E-state index contributed by atoms with van der Waals surface area (Å²) in [7, 11) is 0. The first-order valence-electron chi connectivity index (χ1n) is 4.48. The van der Waals surface area contributed by atoms with E-state index in [1.54, 1.807) is 6.20 Å². The average molecular weight is 164 g/mol. The van der Waals surface area contributed by atoms with Gasteiger partial charge in [0.1, 0.15) is 0 Å². The van der Waals surface area contributed by atoms with E-state index in [0.29, 0.717) is 6.04 Å². The Morgan fingerprint density at radius 1 is 1.58 bits per heavy atom. The smallest absolute Gasteiger partial charge is 0.0315 e. The van der Waals surface area contributed by atoms with Crippen LogP contribution in [0.1, 0.15) is 31.9 Å². The predicted octanol–water partition coefficient (Wildman–Crippen LogP) is 2.14. The average Bonchev–Trinajstić information content (AvgIpc) is 2.15. The molecule has 0 saturated heterocycles. The van der Waals surface area contributed by atoms with Crippen LogP contribution >= 0.6 is 0 Å². The number of pyridine rings is 1. The lowest BCUT2D eigenvalue weighted by molar-refractivity contribution is 0.569. The molecule has 0 aliphatic carbocycles. The first kappa shape index (κ1) is 9.20. The van der Waals surface area contributed by atoms with Crippen molar-refractivity contribution in [3.05, 3.63) is 30.1 Å². The molecular weight excluding hydrogens is 148 g/mol. The van der Waals surface area contributed by atoms with Crippen LogP contribution in [0.5, 0.6) is 0 Å². The molecule has 1 rings (SSSR count). The minimum absolute atomic E-state index is 0.415. The maximum Gasteiger partial charge on any atom is 0.0315 e. The molecule has 12 heavy (non-hydrogen) atoms. The van der Waals surface area contributed by atoms with Gasteiger partial charge < -0.3 is 5.32 Å². The standard InChI is InChI=1S/C10H16N2/c1-3-6-12-9(2)10-5-4-7-11-8-10/h4-5,7-9,12H,3,6H2,1-2H3/t9-/m1/s1. The van der Waals surface area contributed by atoms with Gasteiger partial charge in [-0.05, 0) is 31.5 Å². The van der Waals surface area contributed by atoms with Crippen molar-refractivity contribution in [2.24, 2.45) is 0 Å². The van der Waals surface area contributed by atoms with Gasteiger partial charge in [-0.1, -0.05) is 13.0 Å². The molecule has 0 fully saturated rings. The fourth-order valence-electron chi connectivity index (χ4n) is 1.11. The summed E-state index contributed by atoms with van der Waals surface area (Å²) in [5.41, 5.74) is 1.26. The van der Waals surface area contributed by atoms with Crippen LogP contribution in [0.15, 0.2) is 24.5 Å². The fourth-order valence-corrected chi connectivity index (χ4v) is 1.11. The van der Waals surface area contributed by atoms with E-state index in [2.05, 4.69) is 30.2 Å². The highest BCUT2D eigenvalue weighted by molar-refractivity contribution is 5.12. The molecule has 1 aromatic rings. The molecule has 0 aliphatic rings. The monoisotopic (exact) mass is 164 g/mol. The molecular formula is C10H16N2. The maximum absolute atomic E-state index is 4.07. The molecule has 1 heterocycles. The van der Waals surface area contributed by atoms with Crippen LogP contribution in [0.2, 0.25) is 0 Å². The summed E-state index contributed by atoms with van der Waals surface area (Å²) in [6.45, 7) is 5.39. The number of hydrogen-bond donors (Lipinski definition) is 1. The minimum atomic E-state index is 0.415. The van der Waals surface area contributed by atoms with Gasteiger partial charge in [-0.15, -0.1) is 0 Å². The summed E-state index contributed by atoms with van der Waals surface area (Å²) in [5.74, 6) is 0. The first-order valence-corrected chi connectivity index (χ1v) is 4.48. The van der Waals surface area contributed by atoms with Gasteiger partial charge >= 0.3 is 0 Å². The van der Waals surface area contributed by atoms with E-state index in [0.717, 1.165) is 6.54 Å². The third kappa shape index (κ3) is 2.62. The topological polar surface area (TPSA) is 24.9 Å². The summed E-state index contributed by atoms with van der Waals surface area (Å²) >= 11 is 0. The van der Waals surface area contributed by atoms with Crippen molar-refractivity contribution in [1.82, 2.24) is 10.3 Å². The Kier molecular flexibility index (Phi) is 3.74. The Morgan fingerprint density at radius 3 is 3.00 bits per heavy atom. The van der Waals surface area contributed by atoms with Crippen molar-refractivity contribution >= 4 is 0 Å². The van der Waals surface area contributed by atoms with Crippen molar-refractivity contribution in [3.63, 3.8) is 0 Å². The summed E-state index contributed by atoms with van der Waals surface area (Å²) < 4.78 is 0. The van der Waals surface area contributed by atoms with Gasteiger partial charge in [0.25, 0.3) is 0 Å². The van der Waals surface area contributed by atoms with Gasteiger partial charge in [-0.25, -0.2) is 0 Å². The highest BCUT2D eigenvalue weighted by Gasteiger charge is 2.01. The van der Waals surface area contributed by atoms with E-state index < -0.39 is 0 Å². The number of aromatic nitrogens is 1. The normalized spacial score (nSPS) is 12.8. The van der Waals surface area contributed by atoms with Crippen molar-refractivity contribution < 1.29 is 0 Å². The predicted molar refractivity (Wildman–Crippen MR) is 50.9 cm³/mol. The number of hydrogen-bond acceptors (Lipinski definition) is 2. The molecule has 0 spiro atoms. The Morgan fingerprint density at radius 2 is 2.42 bits per heavy atom. The summed E-state index contributed by atoms with van der Waals surface area (Å²) in [6, 6.07) is 4.48. The van der Waals surface area contributed by atoms with Crippen LogP contribution in [-0.4, -0.2) is 11.5 Å². The van der Waals surface area contributed by atoms with E-state index in [1.807, 2.05) is 12.3 Å². The molecule has 66 valence electrons. The summed E-state index contributed by atoms with van der Waals surface area (Å²) in [4.78, 5) is 4.07. The molecule has 0 radical (unpaired) electrons. The molecule has 2 heteroatoms. The van der Waals surface area contributed by atoms with Crippen molar-refractivity contribution in [2.75, 3.05) is 6.54 Å². The van der Waals surface area contributed by atoms with Crippen LogP contribution in [0.3, 0.4) is 0 Å². The van der Waals surface area contributed by atoms with Crippen LogP contribution < -0.4 is 5.32 Å². The quantitative estimate of drug-likeness (QED) is 0.737. The molecule has 0 bridgehead atoms. The Balaban J connectivity index is 2.48. The third-order valence-corrected chi connectivity index (χ3v) is 1.88. The minimum Gasteiger partial charge on any atom is -0.310 e. The molecule has 2 nitrogen and oxygen atoms in total. The highest BCUT2D eigenvalue weighted by Crippen LogP contribution is 2.08. The van der Waals surface area contributed by atoms with Crippen molar-refractivity contribution in [2.45, 2.75) is 26.3 Å². The maximum atomic E-state index is 4.07. The third-order valence-electron chi connectivity index (χ3n) is 1.88. The van der Waals surface area contributed by atoms with Crippen molar-refractivity contribution in [1.29, 1.82) is 0 Å². The van der Waals surface area contributed by atoms with Crippen LogP contribution in [0.4, 0.5) is 0 Å². The lowest BCUT2D eigenvalue weighted by atomic mass is 10.1. The summed E-state index contributed by atoms with van der Waals surface area (Å²) in [6.07, 6.45) is 4.88. The van der Waals surface area contributed by atoms with Crippen molar-refractivity contribution in [3.8, 4) is 0 Å². The zero-order valence-electron chi connectivity index (χ0n) is 7.75. The van der Waals surface area contributed by atoms with E-state index in [4.69, 9.17) is 0 Å². The van der Waals surface area contributed by atoms with E-state index in [1.165, 1.54) is 12.0 Å². The second kappa shape index (κ2) is 4.88. The second-order valence-electron chi connectivity index (χ2n) is 2.96. The molecule has 0 aliphatic heterocycles. The zero-order chi connectivity index (χ0) is 8.81. The van der Waals surface area contributed by atoms with Gasteiger partial charge in [0.05, 0.1) is 0 Å². The van der Waals surface area contributed by atoms with Gasteiger partial charge in [0.2, 0.25) is 0 Å². The Bertz CT molecular complexity index is 208. The van der Waals surface area contributed by atoms with Gasteiger partial charge in [-0.2, -0.15) is 0 Å². The summed E-state index contributed by atoms with van der Waals surface area (Å²) in [5, 5.41) is 3.41. The molecule has 0 unspecified atom stereocenters. The number of nitrogens with one attached hydrogen (secondary N) is 1. The molecule has 1 atom stereocenters. The number of nitrogens with zero attached hydrogens (tertiary/aromatic N) is 1. The van der Waals surface area contributed by atoms with E-state index in [9.17, 15) is 0 Å². The highest BCUT2D eigenvalue weighted by atomic mass is 14.9. The second-order valence-corrected chi connectivity index (χ2v) is 2.96. The van der Waals surface area contributed by atoms with Crippen LogP contribution in [-0.2, 0) is 0 Å². The number of rotatable bonds is 4. The van der Waals surface area contributed by atoms with Crippen LogP contribution in [0, 0.1) is 0 Å². The molecule has 0 saturated carbocycles. The van der Waals surface area contributed by atoms with E-state index >= 15 is 0 Å². The zero-order valence-corrected chi connectivity index (χ0v) is 7.75. The van der Waals surface area contributed by atoms with E-state index in [-0.39, 0.29) is 0 Å².